The molecule has 1 heterocycles. The van der Waals surface area contributed by atoms with Gasteiger partial charge in [0.1, 0.15) is 5.82 Å². The normalized spacial score (nSPS) is 12.0. The second-order valence-corrected chi connectivity index (χ2v) is 6.80. The predicted octanol–water partition coefficient (Wildman–Crippen LogP) is 3.51. The number of anilines is 1. The van der Waals surface area contributed by atoms with Gasteiger partial charge >= 0.3 is 0 Å². The maximum absolute atomic E-state index is 12.4. The van der Waals surface area contributed by atoms with Crippen LogP contribution >= 0.6 is 11.8 Å². The summed E-state index contributed by atoms with van der Waals surface area (Å²) in [5, 5.41) is 11.6. The molecule has 0 bridgehead atoms. The molecule has 0 fully saturated rings. The Bertz CT molecular complexity index is 723. The van der Waals surface area contributed by atoms with Crippen LogP contribution in [-0.2, 0) is 11.3 Å². The Hall–Kier alpha value is -2.08. The zero-order valence-corrected chi connectivity index (χ0v) is 14.8. The summed E-state index contributed by atoms with van der Waals surface area (Å²) in [5.41, 5.74) is 3.08. The number of carbonyl (C=O) groups is 1. The molecule has 1 aromatic heterocycles. The van der Waals surface area contributed by atoms with Crippen LogP contribution < -0.4 is 5.32 Å². The van der Waals surface area contributed by atoms with Crippen molar-refractivity contribution >= 4 is 23.4 Å². The highest BCUT2D eigenvalue weighted by Crippen LogP contribution is 2.24. The molecule has 5 nitrogen and oxygen atoms in total. The number of nitrogens with zero attached hydrogens (tertiary/aromatic N) is 3. The van der Waals surface area contributed by atoms with Crippen LogP contribution in [0.5, 0.6) is 0 Å². The fraction of sp³-hybridized carbons (Fsp3) is 0.353. The highest BCUT2D eigenvalue weighted by molar-refractivity contribution is 8.00. The molecule has 1 atom stereocenters. The van der Waals surface area contributed by atoms with E-state index in [1.807, 2.05) is 44.4 Å². The molecule has 6 heteroatoms. The van der Waals surface area contributed by atoms with Gasteiger partial charge in [-0.2, -0.15) is 0 Å². The Kier molecular flexibility index (Phi) is 5.60. The molecule has 0 unspecified atom stereocenters. The predicted molar refractivity (Wildman–Crippen MR) is 94.8 cm³/mol. The highest BCUT2D eigenvalue weighted by atomic mass is 32.2. The molecule has 0 saturated carbocycles. The van der Waals surface area contributed by atoms with Crippen molar-refractivity contribution in [2.75, 3.05) is 5.32 Å². The van der Waals surface area contributed by atoms with E-state index < -0.39 is 0 Å². The average molecular weight is 330 g/mol. The van der Waals surface area contributed by atoms with Gasteiger partial charge in [-0.15, -0.1) is 16.8 Å². The lowest BCUT2D eigenvalue weighted by Crippen LogP contribution is -2.23. The molecule has 1 N–H and O–H groups in total. The lowest BCUT2D eigenvalue weighted by Gasteiger charge is -2.14. The van der Waals surface area contributed by atoms with Gasteiger partial charge in [0.05, 0.1) is 5.25 Å². The maximum atomic E-state index is 12.4. The van der Waals surface area contributed by atoms with Crippen LogP contribution in [0, 0.1) is 20.8 Å². The number of hydrogen-bond donors (Lipinski definition) is 1. The summed E-state index contributed by atoms with van der Waals surface area (Å²) in [6.07, 6.45) is 1.79. The van der Waals surface area contributed by atoms with Gasteiger partial charge in [-0.05, 0) is 39.3 Å². The van der Waals surface area contributed by atoms with E-state index in [1.165, 1.54) is 17.3 Å². The van der Waals surface area contributed by atoms with Crippen LogP contribution in [-0.4, -0.2) is 25.9 Å². The van der Waals surface area contributed by atoms with Crippen LogP contribution in [0.2, 0.25) is 0 Å². The molecular weight excluding hydrogens is 308 g/mol. The maximum Gasteiger partial charge on any atom is 0.237 e. The molecule has 0 aliphatic rings. The fourth-order valence-corrected chi connectivity index (χ4v) is 3.09. The Labute approximate surface area is 141 Å². The summed E-state index contributed by atoms with van der Waals surface area (Å²) in [5.74, 6) is 0.766. The lowest BCUT2D eigenvalue weighted by molar-refractivity contribution is -0.115. The molecule has 0 aliphatic carbocycles. The van der Waals surface area contributed by atoms with E-state index in [0.717, 1.165) is 22.2 Å². The van der Waals surface area contributed by atoms with E-state index in [1.54, 1.807) is 6.08 Å². The number of nitrogens with one attached hydrogen (secondary N) is 1. The summed E-state index contributed by atoms with van der Waals surface area (Å²) in [6.45, 7) is 12.2. The van der Waals surface area contributed by atoms with Gasteiger partial charge in [0.25, 0.3) is 0 Å². The average Bonchev–Trinajstić information content (AvgIpc) is 2.83. The molecule has 2 rings (SSSR count). The van der Waals surface area contributed by atoms with Crippen LogP contribution in [0.15, 0.2) is 36.0 Å². The molecule has 23 heavy (non-hydrogen) atoms. The minimum atomic E-state index is -0.275. The number of amides is 1. The van der Waals surface area contributed by atoms with E-state index in [-0.39, 0.29) is 11.2 Å². The number of aryl methyl sites for hydroxylation is 3. The first-order valence-electron chi connectivity index (χ1n) is 7.48. The summed E-state index contributed by atoms with van der Waals surface area (Å²) >= 11 is 1.40. The molecule has 1 amide bonds. The minimum absolute atomic E-state index is 0.0484. The van der Waals surface area contributed by atoms with Gasteiger partial charge in [-0.25, -0.2) is 0 Å². The van der Waals surface area contributed by atoms with Gasteiger partial charge in [0.15, 0.2) is 5.16 Å². The van der Waals surface area contributed by atoms with Gasteiger partial charge in [-0.1, -0.05) is 35.5 Å². The third-order valence-electron chi connectivity index (χ3n) is 3.50. The SMILES string of the molecule is C=CCn1c(C)nnc1S[C@@H](C)C(=O)Nc1ccc(C)cc1C. The molecule has 0 aliphatic heterocycles. The van der Waals surface area contributed by atoms with Crippen LogP contribution in [0.25, 0.3) is 0 Å². The van der Waals surface area contributed by atoms with Crippen molar-refractivity contribution in [1.29, 1.82) is 0 Å². The third kappa shape index (κ3) is 4.22. The molecule has 2 aromatic rings. The number of thioether (sulfide) groups is 1. The number of aromatic nitrogens is 3. The third-order valence-corrected chi connectivity index (χ3v) is 4.59. The van der Waals surface area contributed by atoms with Crippen molar-refractivity contribution in [3.05, 3.63) is 47.8 Å². The lowest BCUT2D eigenvalue weighted by atomic mass is 10.1. The van der Waals surface area contributed by atoms with Gasteiger partial charge < -0.3 is 9.88 Å². The molecule has 0 radical (unpaired) electrons. The number of benzene rings is 1. The summed E-state index contributed by atoms with van der Waals surface area (Å²) in [4.78, 5) is 12.4. The van der Waals surface area contributed by atoms with Crippen molar-refractivity contribution in [3.63, 3.8) is 0 Å². The monoisotopic (exact) mass is 330 g/mol. The summed E-state index contributed by atoms with van der Waals surface area (Å²) < 4.78 is 1.94. The van der Waals surface area contributed by atoms with Gasteiger partial charge in [-0.3, -0.25) is 4.79 Å². The highest BCUT2D eigenvalue weighted by Gasteiger charge is 2.19. The van der Waals surface area contributed by atoms with Crippen LogP contribution in [0.3, 0.4) is 0 Å². The number of carbonyl (C=O) groups excluding carboxylic acids is 1. The van der Waals surface area contributed by atoms with E-state index >= 15 is 0 Å². The second kappa shape index (κ2) is 7.46. The van der Waals surface area contributed by atoms with E-state index in [4.69, 9.17) is 0 Å². The molecule has 0 saturated heterocycles. The van der Waals surface area contributed by atoms with Crippen molar-refractivity contribution in [1.82, 2.24) is 14.8 Å². The van der Waals surface area contributed by atoms with Gasteiger partial charge in [0, 0.05) is 12.2 Å². The quantitative estimate of drug-likeness (QED) is 0.650. The van der Waals surface area contributed by atoms with Gasteiger partial charge in [0.2, 0.25) is 5.91 Å². The Morgan fingerprint density at radius 1 is 1.39 bits per heavy atom. The Morgan fingerprint density at radius 3 is 2.78 bits per heavy atom. The summed E-state index contributed by atoms with van der Waals surface area (Å²) in [6, 6.07) is 5.98. The molecule has 1 aromatic carbocycles. The van der Waals surface area contributed by atoms with Crippen molar-refractivity contribution in [2.24, 2.45) is 0 Å². The molecule has 122 valence electrons. The Balaban J connectivity index is 2.07. The first-order valence-corrected chi connectivity index (χ1v) is 8.35. The van der Waals surface area contributed by atoms with Crippen molar-refractivity contribution < 1.29 is 4.79 Å². The second-order valence-electron chi connectivity index (χ2n) is 5.50. The van der Waals surface area contributed by atoms with Crippen LogP contribution in [0.1, 0.15) is 23.9 Å². The smallest absolute Gasteiger partial charge is 0.237 e. The minimum Gasteiger partial charge on any atom is -0.325 e. The number of allylic oxidation sites excluding steroid dienone is 1. The fourth-order valence-electron chi connectivity index (χ4n) is 2.19. The largest absolute Gasteiger partial charge is 0.325 e. The van der Waals surface area contributed by atoms with Crippen molar-refractivity contribution in [2.45, 2.75) is 44.6 Å². The number of hydrogen-bond acceptors (Lipinski definition) is 4. The van der Waals surface area contributed by atoms with E-state index in [0.29, 0.717) is 6.54 Å². The topological polar surface area (TPSA) is 59.8 Å². The standard InChI is InChI=1S/C17H22N4OS/c1-6-9-21-14(5)19-20-17(21)23-13(4)16(22)18-15-8-7-11(2)10-12(15)3/h6-8,10,13H,1,9H2,2-5H3,(H,18,22)/t13-/m0/s1. The first kappa shape index (κ1) is 17.3. The van der Waals surface area contributed by atoms with E-state index in [9.17, 15) is 4.79 Å². The molecule has 0 spiro atoms. The van der Waals surface area contributed by atoms with Crippen LogP contribution in [0.4, 0.5) is 5.69 Å². The first-order chi connectivity index (χ1) is 10.9. The number of rotatable bonds is 6. The van der Waals surface area contributed by atoms with E-state index in [2.05, 4.69) is 28.2 Å². The zero-order valence-electron chi connectivity index (χ0n) is 14.0. The summed E-state index contributed by atoms with van der Waals surface area (Å²) in [7, 11) is 0. The zero-order chi connectivity index (χ0) is 17.0. The Morgan fingerprint density at radius 2 is 2.13 bits per heavy atom. The molecular formula is C17H22N4OS. The van der Waals surface area contributed by atoms with Crippen molar-refractivity contribution in [3.8, 4) is 0 Å².